The summed E-state index contributed by atoms with van der Waals surface area (Å²) in [4.78, 5) is 18.9. The molecule has 4 rings (SSSR count). The van der Waals surface area contributed by atoms with Crippen molar-refractivity contribution in [2.45, 2.75) is 44.1 Å². The van der Waals surface area contributed by atoms with Crippen molar-refractivity contribution in [2.75, 3.05) is 13.6 Å². The number of rotatable bonds is 3. The molecule has 2 fully saturated rings. The highest BCUT2D eigenvalue weighted by Crippen LogP contribution is 2.39. The Kier molecular flexibility index (Phi) is 6.02. The molecule has 2 aromatic rings. The number of likely N-dealkylation sites (tertiary alicyclic amines) is 1. The molecule has 3 heterocycles. The smallest absolute Gasteiger partial charge is 0.406 e. The monoisotopic (exact) mass is 441 g/mol. The molecule has 1 N–H and O–H groups in total. The van der Waals surface area contributed by atoms with E-state index in [1.807, 2.05) is 26.1 Å². The third-order valence-electron chi connectivity index (χ3n) is 5.67. The molecule has 0 radical (unpaired) electrons. The first-order chi connectivity index (χ1) is 13.7. The first-order valence-corrected chi connectivity index (χ1v) is 9.53. The minimum Gasteiger partial charge on any atom is -0.406 e. The molecule has 1 amide bonds. The lowest BCUT2D eigenvalue weighted by Crippen LogP contribution is -2.47. The van der Waals surface area contributed by atoms with Gasteiger partial charge in [-0.3, -0.25) is 15.1 Å². The fraction of sp³-hybridized carbons (Fsp3) is 0.429. The van der Waals surface area contributed by atoms with Crippen LogP contribution < -0.4 is 10.1 Å². The van der Waals surface area contributed by atoms with Crippen LogP contribution in [0.3, 0.4) is 0 Å². The fourth-order valence-corrected chi connectivity index (χ4v) is 4.30. The van der Waals surface area contributed by atoms with Crippen molar-refractivity contribution in [3.8, 4) is 16.9 Å². The van der Waals surface area contributed by atoms with Crippen LogP contribution in [0.5, 0.6) is 5.75 Å². The van der Waals surface area contributed by atoms with Gasteiger partial charge in [0, 0.05) is 19.3 Å². The molecule has 2 saturated heterocycles. The van der Waals surface area contributed by atoms with Gasteiger partial charge in [0.25, 0.3) is 0 Å². The van der Waals surface area contributed by atoms with E-state index in [1.165, 1.54) is 18.2 Å². The summed E-state index contributed by atoms with van der Waals surface area (Å²) in [5, 5.41) is 3.48. The first-order valence-electron chi connectivity index (χ1n) is 9.53. The van der Waals surface area contributed by atoms with E-state index in [9.17, 15) is 18.0 Å². The second-order valence-electron chi connectivity index (χ2n) is 7.79. The Balaban J connectivity index is 0.00000256. The molecule has 0 aliphatic carbocycles. The highest BCUT2D eigenvalue weighted by molar-refractivity contribution is 5.88. The molecule has 1 aromatic heterocycles. The van der Waals surface area contributed by atoms with E-state index in [2.05, 4.69) is 15.0 Å². The number of hydrogen-bond donors (Lipinski definition) is 1. The largest absolute Gasteiger partial charge is 0.573 e. The van der Waals surface area contributed by atoms with E-state index < -0.39 is 11.9 Å². The Morgan fingerprint density at radius 1 is 1.20 bits per heavy atom. The van der Waals surface area contributed by atoms with Crippen LogP contribution in [0.2, 0.25) is 0 Å². The molecular formula is C21H23ClF3N3O2. The van der Waals surface area contributed by atoms with Crippen molar-refractivity contribution >= 4 is 18.3 Å². The number of nitrogens with one attached hydrogen (secondary N) is 1. The molecule has 0 saturated carbocycles. The Morgan fingerprint density at radius 2 is 1.97 bits per heavy atom. The minimum atomic E-state index is -4.74. The summed E-state index contributed by atoms with van der Waals surface area (Å²) in [7, 11) is 1.81. The maximum atomic E-state index is 12.6. The SMILES string of the molecule is Cc1cc(-c2cccc(OC(F)(F)F)c2)cc([C@H]2CC[C@@]3(CCN(C)C3=O)N2)n1.Cl. The molecule has 30 heavy (non-hydrogen) atoms. The molecular weight excluding hydrogens is 419 g/mol. The van der Waals surface area contributed by atoms with Gasteiger partial charge >= 0.3 is 6.36 Å². The van der Waals surface area contributed by atoms with Gasteiger partial charge in [0.1, 0.15) is 11.3 Å². The van der Waals surface area contributed by atoms with Gasteiger partial charge in [-0.15, -0.1) is 25.6 Å². The van der Waals surface area contributed by atoms with Gasteiger partial charge in [-0.25, -0.2) is 0 Å². The quantitative estimate of drug-likeness (QED) is 0.767. The molecule has 9 heteroatoms. The zero-order valence-corrected chi connectivity index (χ0v) is 17.4. The van der Waals surface area contributed by atoms with Gasteiger partial charge in [0.2, 0.25) is 5.91 Å². The number of carbonyl (C=O) groups is 1. The summed E-state index contributed by atoms with van der Waals surface area (Å²) in [6.45, 7) is 2.58. The average molecular weight is 442 g/mol. The highest BCUT2D eigenvalue weighted by Gasteiger charge is 2.50. The number of nitrogens with zero attached hydrogens (tertiary/aromatic N) is 2. The highest BCUT2D eigenvalue weighted by atomic mass is 35.5. The van der Waals surface area contributed by atoms with Crippen LogP contribution in [0.25, 0.3) is 11.1 Å². The van der Waals surface area contributed by atoms with Crippen molar-refractivity contribution in [1.29, 1.82) is 0 Å². The second-order valence-corrected chi connectivity index (χ2v) is 7.79. The van der Waals surface area contributed by atoms with Gasteiger partial charge in [0.15, 0.2) is 0 Å². The van der Waals surface area contributed by atoms with E-state index in [1.54, 1.807) is 11.0 Å². The van der Waals surface area contributed by atoms with Crippen LogP contribution in [-0.2, 0) is 4.79 Å². The molecule has 2 aliphatic rings. The number of hydrogen-bond acceptors (Lipinski definition) is 4. The lowest BCUT2D eigenvalue weighted by atomic mass is 9.96. The minimum absolute atomic E-state index is 0. The third kappa shape index (κ3) is 4.39. The van der Waals surface area contributed by atoms with E-state index in [-0.39, 0.29) is 30.1 Å². The number of carbonyl (C=O) groups excluding carboxylic acids is 1. The Bertz CT molecular complexity index is 953. The van der Waals surface area contributed by atoms with Crippen molar-refractivity contribution in [1.82, 2.24) is 15.2 Å². The van der Waals surface area contributed by atoms with Gasteiger partial charge in [-0.05, 0) is 61.6 Å². The lowest BCUT2D eigenvalue weighted by molar-refractivity contribution is -0.274. The summed E-state index contributed by atoms with van der Waals surface area (Å²) in [5.41, 5.74) is 2.41. The Hall–Kier alpha value is -2.32. The number of ether oxygens (including phenoxy) is 1. The number of aromatic nitrogens is 1. The van der Waals surface area contributed by atoms with Crippen LogP contribution in [0.1, 0.15) is 36.7 Å². The number of amides is 1. The Morgan fingerprint density at radius 3 is 2.63 bits per heavy atom. The molecule has 5 nitrogen and oxygen atoms in total. The lowest BCUT2D eigenvalue weighted by Gasteiger charge is -2.23. The molecule has 2 aliphatic heterocycles. The molecule has 1 spiro atoms. The topological polar surface area (TPSA) is 54.5 Å². The Labute approximate surface area is 179 Å². The molecule has 162 valence electrons. The van der Waals surface area contributed by atoms with Crippen molar-refractivity contribution in [2.24, 2.45) is 0 Å². The van der Waals surface area contributed by atoms with Crippen LogP contribution in [0.4, 0.5) is 13.2 Å². The van der Waals surface area contributed by atoms with Crippen molar-refractivity contribution < 1.29 is 22.7 Å². The second kappa shape index (κ2) is 8.07. The average Bonchev–Trinajstić information content (AvgIpc) is 3.20. The van der Waals surface area contributed by atoms with Crippen LogP contribution in [0.15, 0.2) is 36.4 Å². The van der Waals surface area contributed by atoms with Crippen molar-refractivity contribution in [3.63, 3.8) is 0 Å². The summed E-state index contributed by atoms with van der Waals surface area (Å²) >= 11 is 0. The maximum Gasteiger partial charge on any atom is 0.573 e. The summed E-state index contributed by atoms with van der Waals surface area (Å²) in [6, 6.07) is 9.54. The number of aryl methyl sites for hydroxylation is 1. The fourth-order valence-electron chi connectivity index (χ4n) is 4.30. The number of halogens is 4. The van der Waals surface area contributed by atoms with Crippen LogP contribution in [0, 0.1) is 6.92 Å². The molecule has 1 aromatic carbocycles. The van der Waals surface area contributed by atoms with Gasteiger partial charge in [-0.2, -0.15) is 0 Å². The normalized spacial score (nSPS) is 23.7. The number of alkyl halides is 3. The zero-order chi connectivity index (χ0) is 20.8. The zero-order valence-electron chi connectivity index (χ0n) is 16.6. The summed E-state index contributed by atoms with van der Waals surface area (Å²) < 4.78 is 41.7. The predicted octanol–water partition coefficient (Wildman–Crippen LogP) is 4.40. The van der Waals surface area contributed by atoms with E-state index in [4.69, 9.17) is 0 Å². The summed E-state index contributed by atoms with van der Waals surface area (Å²) in [6.07, 6.45) is -2.43. The van der Waals surface area contributed by atoms with E-state index in [0.29, 0.717) is 5.56 Å². The molecule has 2 atom stereocenters. The first kappa shape index (κ1) is 22.4. The molecule has 0 bridgehead atoms. The third-order valence-corrected chi connectivity index (χ3v) is 5.67. The standard InChI is InChI=1S/C21H22F3N3O2.ClH/c1-13-10-15(14-4-3-5-16(11-14)29-21(22,23)24)12-18(25-13)17-6-7-20(26-17)8-9-27(2)19(20)28;/h3-5,10-12,17,26H,6-9H2,1-2H3;1H/t17-,20+;/m1./s1. The number of likely N-dealkylation sites (N-methyl/N-ethyl adjacent to an activating group) is 1. The van der Waals surface area contributed by atoms with Crippen LogP contribution >= 0.6 is 12.4 Å². The maximum absolute atomic E-state index is 12.6. The van der Waals surface area contributed by atoms with Gasteiger partial charge in [-0.1, -0.05) is 12.1 Å². The van der Waals surface area contributed by atoms with Gasteiger partial charge < -0.3 is 9.64 Å². The van der Waals surface area contributed by atoms with Crippen molar-refractivity contribution in [3.05, 3.63) is 47.8 Å². The summed E-state index contributed by atoms with van der Waals surface area (Å²) in [5.74, 6) is -0.145. The van der Waals surface area contributed by atoms with E-state index in [0.717, 1.165) is 42.8 Å². The molecule has 0 unspecified atom stereocenters. The van der Waals surface area contributed by atoms with E-state index >= 15 is 0 Å². The number of pyridine rings is 1. The van der Waals surface area contributed by atoms with Gasteiger partial charge in [0.05, 0.1) is 11.7 Å². The van der Waals surface area contributed by atoms with Crippen LogP contribution in [-0.4, -0.2) is 41.3 Å². The number of benzene rings is 1. The predicted molar refractivity (Wildman–Crippen MR) is 108 cm³/mol.